The van der Waals surface area contributed by atoms with E-state index in [1.807, 2.05) is 6.92 Å². The maximum atomic E-state index is 11.5. The highest BCUT2D eigenvalue weighted by Crippen LogP contribution is 2.31. The van der Waals surface area contributed by atoms with Crippen molar-refractivity contribution in [3.8, 4) is 0 Å². The first-order valence-electron chi connectivity index (χ1n) is 7.28. The van der Waals surface area contributed by atoms with Crippen LogP contribution in [0.1, 0.15) is 51.9 Å². The fourth-order valence-corrected chi connectivity index (χ4v) is 3.63. The number of hydrogen-bond donors (Lipinski definition) is 2. The number of aliphatic carboxylic acids is 1. The van der Waals surface area contributed by atoms with E-state index in [0.717, 1.165) is 51.5 Å². The first-order valence-corrected chi connectivity index (χ1v) is 7.28. The molecular formula is C14H25NO3. The summed E-state index contributed by atoms with van der Waals surface area (Å²) in [6.07, 6.45) is 6.79. The van der Waals surface area contributed by atoms with E-state index in [1.165, 1.54) is 0 Å². The van der Waals surface area contributed by atoms with Gasteiger partial charge in [0.2, 0.25) is 0 Å². The summed E-state index contributed by atoms with van der Waals surface area (Å²) < 4.78 is 0. The molecule has 0 radical (unpaired) electrons. The predicted molar refractivity (Wildman–Crippen MR) is 69.4 cm³/mol. The Morgan fingerprint density at radius 1 is 1.11 bits per heavy atom. The molecule has 2 aliphatic rings. The van der Waals surface area contributed by atoms with Crippen molar-refractivity contribution >= 4 is 5.97 Å². The van der Waals surface area contributed by atoms with Crippen LogP contribution in [0.4, 0.5) is 0 Å². The van der Waals surface area contributed by atoms with Crippen LogP contribution in [-0.2, 0) is 4.79 Å². The molecule has 1 saturated carbocycles. The average molecular weight is 255 g/mol. The van der Waals surface area contributed by atoms with E-state index in [-0.39, 0.29) is 18.1 Å². The van der Waals surface area contributed by atoms with Gasteiger partial charge in [0.1, 0.15) is 6.04 Å². The Kier molecular flexibility index (Phi) is 4.62. The molecule has 18 heavy (non-hydrogen) atoms. The third-order valence-electron chi connectivity index (χ3n) is 4.60. The molecule has 0 aromatic carbocycles. The molecule has 0 bridgehead atoms. The van der Waals surface area contributed by atoms with Gasteiger partial charge in [-0.1, -0.05) is 26.2 Å². The fourth-order valence-electron chi connectivity index (χ4n) is 3.63. The molecule has 4 atom stereocenters. The minimum absolute atomic E-state index is 0.0522. The lowest BCUT2D eigenvalue weighted by Gasteiger charge is -2.43. The van der Waals surface area contributed by atoms with Gasteiger partial charge in [-0.15, -0.1) is 0 Å². The van der Waals surface area contributed by atoms with Gasteiger partial charge in [0, 0.05) is 6.04 Å². The van der Waals surface area contributed by atoms with Crippen molar-refractivity contribution in [2.75, 3.05) is 6.54 Å². The van der Waals surface area contributed by atoms with Crippen LogP contribution in [0.2, 0.25) is 0 Å². The fraction of sp³-hybridized carbons (Fsp3) is 0.929. The number of carbonyl (C=O) groups is 1. The van der Waals surface area contributed by atoms with Crippen molar-refractivity contribution in [1.82, 2.24) is 4.90 Å². The van der Waals surface area contributed by atoms with Gasteiger partial charge in [-0.25, -0.2) is 0 Å². The molecule has 0 aromatic rings. The summed E-state index contributed by atoms with van der Waals surface area (Å²) in [5.41, 5.74) is 0. The van der Waals surface area contributed by atoms with Gasteiger partial charge in [0.05, 0.1) is 6.10 Å². The van der Waals surface area contributed by atoms with Crippen LogP contribution in [0, 0.1) is 5.92 Å². The summed E-state index contributed by atoms with van der Waals surface area (Å²) in [5, 5.41) is 19.7. The largest absolute Gasteiger partial charge is 0.480 e. The zero-order chi connectivity index (χ0) is 13.1. The van der Waals surface area contributed by atoms with E-state index in [2.05, 4.69) is 4.90 Å². The van der Waals surface area contributed by atoms with Crippen LogP contribution in [0.25, 0.3) is 0 Å². The first-order chi connectivity index (χ1) is 8.61. The lowest BCUT2D eigenvalue weighted by atomic mass is 9.87. The smallest absolute Gasteiger partial charge is 0.321 e. The number of piperidine rings is 1. The second-order valence-electron chi connectivity index (χ2n) is 5.91. The molecule has 0 amide bonds. The van der Waals surface area contributed by atoms with Crippen LogP contribution in [0.15, 0.2) is 0 Å². The normalized spacial score (nSPS) is 39.2. The van der Waals surface area contributed by atoms with Crippen molar-refractivity contribution in [3.63, 3.8) is 0 Å². The Bertz CT molecular complexity index is 295. The van der Waals surface area contributed by atoms with E-state index >= 15 is 0 Å². The lowest BCUT2D eigenvalue weighted by Crippen LogP contribution is -2.56. The van der Waals surface area contributed by atoms with Crippen molar-refractivity contribution < 1.29 is 15.0 Å². The van der Waals surface area contributed by atoms with Gasteiger partial charge in [0.15, 0.2) is 0 Å². The second kappa shape index (κ2) is 6.02. The molecule has 1 saturated heterocycles. The van der Waals surface area contributed by atoms with Crippen LogP contribution in [0.5, 0.6) is 0 Å². The number of aliphatic hydroxyl groups is 1. The van der Waals surface area contributed by atoms with Gasteiger partial charge >= 0.3 is 5.97 Å². The highest BCUT2D eigenvalue weighted by atomic mass is 16.4. The summed E-state index contributed by atoms with van der Waals surface area (Å²) in [6, 6.07) is -0.354. The van der Waals surface area contributed by atoms with Crippen molar-refractivity contribution in [2.45, 2.75) is 70.1 Å². The number of rotatable bonds is 2. The Labute approximate surface area is 109 Å². The minimum atomic E-state index is -0.723. The standard InChI is InChI=1S/C14H25NO3/c1-10-6-5-9-15(13(10)14(17)18)11-7-3-2-4-8-12(11)16/h10-13,16H,2-9H2,1H3,(H,17,18). The molecule has 4 heteroatoms. The third kappa shape index (κ3) is 2.86. The number of likely N-dealkylation sites (tertiary alicyclic amines) is 1. The molecule has 4 unspecified atom stereocenters. The quantitative estimate of drug-likeness (QED) is 0.739. The van der Waals surface area contributed by atoms with Crippen LogP contribution < -0.4 is 0 Å². The molecule has 4 nitrogen and oxygen atoms in total. The molecule has 1 heterocycles. The summed E-state index contributed by atoms with van der Waals surface area (Å²) in [5.74, 6) is -0.537. The molecule has 2 fully saturated rings. The molecule has 1 aliphatic heterocycles. The number of carboxylic acids is 1. The van der Waals surface area contributed by atoms with Gasteiger partial charge in [-0.3, -0.25) is 9.69 Å². The number of hydrogen-bond acceptors (Lipinski definition) is 3. The zero-order valence-electron chi connectivity index (χ0n) is 11.2. The van der Waals surface area contributed by atoms with E-state index in [9.17, 15) is 15.0 Å². The van der Waals surface area contributed by atoms with Crippen molar-refractivity contribution in [2.24, 2.45) is 5.92 Å². The van der Waals surface area contributed by atoms with Gasteiger partial charge < -0.3 is 10.2 Å². The summed E-state index contributed by atoms with van der Waals surface area (Å²) in [6.45, 7) is 2.84. The number of carboxylic acid groups (broad SMARTS) is 1. The second-order valence-corrected chi connectivity index (χ2v) is 5.91. The SMILES string of the molecule is CC1CCCN(C2CCCCCC2O)C1C(=O)O. The highest BCUT2D eigenvalue weighted by molar-refractivity contribution is 5.74. The molecule has 2 N–H and O–H groups in total. The molecule has 0 spiro atoms. The molecule has 104 valence electrons. The van der Waals surface area contributed by atoms with E-state index in [1.54, 1.807) is 0 Å². The number of aliphatic hydroxyl groups excluding tert-OH is 1. The van der Waals surface area contributed by atoms with Gasteiger partial charge in [0.25, 0.3) is 0 Å². The Balaban J connectivity index is 2.14. The van der Waals surface area contributed by atoms with Crippen LogP contribution >= 0.6 is 0 Å². The Hall–Kier alpha value is -0.610. The summed E-state index contributed by atoms with van der Waals surface area (Å²) in [7, 11) is 0. The minimum Gasteiger partial charge on any atom is -0.480 e. The van der Waals surface area contributed by atoms with Crippen LogP contribution in [0.3, 0.4) is 0 Å². The lowest BCUT2D eigenvalue weighted by molar-refractivity contribution is -0.150. The van der Waals surface area contributed by atoms with E-state index < -0.39 is 12.0 Å². The Morgan fingerprint density at radius 3 is 2.56 bits per heavy atom. The van der Waals surface area contributed by atoms with E-state index in [0.29, 0.717) is 0 Å². The van der Waals surface area contributed by atoms with E-state index in [4.69, 9.17) is 0 Å². The molecule has 0 aromatic heterocycles. The van der Waals surface area contributed by atoms with Gasteiger partial charge in [-0.05, 0) is 38.1 Å². The van der Waals surface area contributed by atoms with Crippen LogP contribution in [-0.4, -0.2) is 45.8 Å². The highest BCUT2D eigenvalue weighted by Gasteiger charge is 2.40. The summed E-state index contributed by atoms with van der Waals surface area (Å²) in [4.78, 5) is 13.6. The third-order valence-corrected chi connectivity index (χ3v) is 4.60. The first kappa shape index (κ1) is 13.8. The maximum absolute atomic E-state index is 11.5. The molecule has 1 aliphatic carbocycles. The van der Waals surface area contributed by atoms with Crippen molar-refractivity contribution in [1.29, 1.82) is 0 Å². The van der Waals surface area contributed by atoms with Crippen molar-refractivity contribution in [3.05, 3.63) is 0 Å². The Morgan fingerprint density at radius 2 is 1.83 bits per heavy atom. The topological polar surface area (TPSA) is 60.8 Å². The summed E-state index contributed by atoms with van der Waals surface area (Å²) >= 11 is 0. The maximum Gasteiger partial charge on any atom is 0.321 e. The number of nitrogens with zero attached hydrogens (tertiary/aromatic N) is 1. The molecular weight excluding hydrogens is 230 g/mol. The van der Waals surface area contributed by atoms with Gasteiger partial charge in [-0.2, -0.15) is 0 Å². The zero-order valence-corrected chi connectivity index (χ0v) is 11.2. The predicted octanol–water partition coefficient (Wildman–Crippen LogP) is 1.87. The molecule has 2 rings (SSSR count). The average Bonchev–Trinajstić information content (AvgIpc) is 2.53. The monoisotopic (exact) mass is 255 g/mol.